The first-order valence-corrected chi connectivity index (χ1v) is 11.2. The number of amides is 1. The van der Waals surface area contributed by atoms with Crippen LogP contribution in [0.3, 0.4) is 0 Å². The number of thioether (sulfide) groups is 1. The molecule has 140 valence electrons. The van der Waals surface area contributed by atoms with E-state index in [0.29, 0.717) is 16.0 Å². The summed E-state index contributed by atoms with van der Waals surface area (Å²) in [5, 5.41) is 3.65. The number of sulfone groups is 1. The predicted octanol–water partition coefficient (Wildman–Crippen LogP) is 4.95. The van der Waals surface area contributed by atoms with Gasteiger partial charge in [0.25, 0.3) is 0 Å². The zero-order chi connectivity index (χ0) is 19.3. The van der Waals surface area contributed by atoms with Gasteiger partial charge in [0.15, 0.2) is 9.84 Å². The normalized spacial score (nSPS) is 12.6. The monoisotopic (exact) mass is 411 g/mol. The summed E-state index contributed by atoms with van der Waals surface area (Å²) in [7, 11) is -3.71. The van der Waals surface area contributed by atoms with Gasteiger partial charge < -0.3 is 5.32 Å². The van der Waals surface area contributed by atoms with E-state index < -0.39 is 21.5 Å². The van der Waals surface area contributed by atoms with E-state index >= 15 is 0 Å². The Labute approximate surface area is 164 Å². The van der Waals surface area contributed by atoms with Crippen molar-refractivity contribution in [2.75, 3.05) is 11.1 Å². The van der Waals surface area contributed by atoms with Gasteiger partial charge in [0.1, 0.15) is 5.75 Å². The van der Waals surface area contributed by atoms with Crippen molar-refractivity contribution in [2.45, 2.75) is 42.2 Å². The molecule has 0 aliphatic rings. The van der Waals surface area contributed by atoms with Crippen molar-refractivity contribution < 1.29 is 13.2 Å². The van der Waals surface area contributed by atoms with Gasteiger partial charge in [0.05, 0.1) is 4.90 Å². The number of carbonyl (C=O) groups is 1. The molecule has 1 N–H and O–H groups in total. The van der Waals surface area contributed by atoms with Crippen molar-refractivity contribution in [3.8, 4) is 0 Å². The largest absolute Gasteiger partial charge is 0.325 e. The molecule has 7 heteroatoms. The number of benzene rings is 2. The topological polar surface area (TPSA) is 63.2 Å². The summed E-state index contributed by atoms with van der Waals surface area (Å²) in [6.45, 7) is 6.20. The number of aryl methyl sites for hydroxylation is 1. The number of halogens is 1. The predicted molar refractivity (Wildman–Crippen MR) is 109 cm³/mol. The van der Waals surface area contributed by atoms with Crippen LogP contribution >= 0.6 is 23.4 Å². The minimum absolute atomic E-state index is 0.0778. The Kier molecular flexibility index (Phi) is 7.15. The fourth-order valence-electron chi connectivity index (χ4n) is 2.25. The molecule has 0 saturated heterocycles. The fourth-order valence-corrected chi connectivity index (χ4v) is 4.53. The van der Waals surface area contributed by atoms with E-state index in [1.54, 1.807) is 11.8 Å². The molecule has 4 nitrogen and oxygen atoms in total. The van der Waals surface area contributed by atoms with E-state index in [0.717, 1.165) is 16.9 Å². The van der Waals surface area contributed by atoms with Crippen molar-refractivity contribution in [3.63, 3.8) is 0 Å². The van der Waals surface area contributed by atoms with E-state index in [9.17, 15) is 13.2 Å². The van der Waals surface area contributed by atoms with Gasteiger partial charge in [-0.05, 0) is 61.4 Å². The Bertz CT molecular complexity index is 880. The summed E-state index contributed by atoms with van der Waals surface area (Å²) in [6, 6.07) is 11.5. The van der Waals surface area contributed by atoms with Crippen LogP contribution in [0.25, 0.3) is 0 Å². The third-order valence-corrected chi connectivity index (χ3v) is 7.02. The first-order chi connectivity index (χ1) is 12.2. The Morgan fingerprint density at radius 2 is 1.85 bits per heavy atom. The molecule has 26 heavy (non-hydrogen) atoms. The maximum Gasteiger partial charge on any atom is 0.239 e. The number of anilines is 1. The molecule has 2 aromatic carbocycles. The highest BCUT2D eigenvalue weighted by Crippen LogP contribution is 2.28. The Morgan fingerprint density at radius 3 is 2.42 bits per heavy atom. The van der Waals surface area contributed by atoms with E-state index in [4.69, 9.17) is 11.6 Å². The van der Waals surface area contributed by atoms with Gasteiger partial charge in [-0.15, -0.1) is 11.8 Å². The van der Waals surface area contributed by atoms with Gasteiger partial charge in [-0.25, -0.2) is 8.42 Å². The van der Waals surface area contributed by atoms with E-state index in [2.05, 4.69) is 19.2 Å². The van der Waals surface area contributed by atoms with Gasteiger partial charge in [-0.3, -0.25) is 4.79 Å². The molecule has 0 aliphatic carbocycles. The molecule has 0 heterocycles. The van der Waals surface area contributed by atoms with Crippen molar-refractivity contribution in [3.05, 3.63) is 53.1 Å². The zero-order valence-electron chi connectivity index (χ0n) is 15.0. The van der Waals surface area contributed by atoms with Crippen LogP contribution in [0, 0.1) is 6.92 Å². The lowest BCUT2D eigenvalue weighted by molar-refractivity contribution is -0.113. The third-order valence-electron chi connectivity index (χ3n) is 3.88. The number of hydrogen-bond donors (Lipinski definition) is 1. The average molecular weight is 412 g/mol. The van der Waals surface area contributed by atoms with Crippen LogP contribution in [-0.4, -0.2) is 25.3 Å². The highest BCUT2D eigenvalue weighted by molar-refractivity contribution is 8.00. The standard InChI is InChI=1S/C19H22ClNO3S2/c1-4-14(3)25-16-7-10-18(13(2)11-16)21-19(22)12-26(23,24)17-8-5-15(20)6-9-17/h5-11,14H,4,12H2,1-3H3,(H,21,22). The molecular weight excluding hydrogens is 390 g/mol. The van der Waals surface area contributed by atoms with E-state index in [1.807, 2.05) is 25.1 Å². The molecule has 1 amide bonds. The smallest absolute Gasteiger partial charge is 0.239 e. The van der Waals surface area contributed by atoms with Crippen LogP contribution in [-0.2, 0) is 14.6 Å². The third kappa shape index (κ3) is 5.76. The number of rotatable bonds is 7. The van der Waals surface area contributed by atoms with Crippen molar-refractivity contribution in [2.24, 2.45) is 0 Å². The molecule has 0 aromatic heterocycles. The molecule has 1 unspecified atom stereocenters. The van der Waals surface area contributed by atoms with Crippen LogP contribution in [0.5, 0.6) is 0 Å². The molecule has 2 aromatic rings. The molecule has 1 atom stereocenters. The summed E-state index contributed by atoms with van der Waals surface area (Å²) >= 11 is 7.54. The van der Waals surface area contributed by atoms with Gasteiger partial charge in [-0.1, -0.05) is 25.4 Å². The molecule has 2 rings (SSSR count). The van der Waals surface area contributed by atoms with Crippen molar-refractivity contribution in [1.82, 2.24) is 0 Å². The first kappa shape index (κ1) is 20.8. The van der Waals surface area contributed by atoms with Gasteiger partial charge in [0, 0.05) is 20.9 Å². The van der Waals surface area contributed by atoms with Gasteiger partial charge in [0.2, 0.25) is 5.91 Å². The summed E-state index contributed by atoms with van der Waals surface area (Å²) in [5.74, 6) is -1.18. The second-order valence-corrected chi connectivity index (χ2v) is 10.0. The molecule has 0 spiro atoms. The molecule has 0 bridgehead atoms. The lowest BCUT2D eigenvalue weighted by Gasteiger charge is -2.12. The second-order valence-electron chi connectivity index (χ2n) is 6.07. The van der Waals surface area contributed by atoms with Crippen LogP contribution in [0.15, 0.2) is 52.3 Å². The van der Waals surface area contributed by atoms with Gasteiger partial charge >= 0.3 is 0 Å². The Hall–Kier alpha value is -1.50. The molecular formula is C19H22ClNO3S2. The lowest BCUT2D eigenvalue weighted by atomic mass is 10.2. The Balaban J connectivity index is 2.06. The highest BCUT2D eigenvalue weighted by Gasteiger charge is 2.20. The number of carbonyl (C=O) groups excluding carboxylic acids is 1. The van der Waals surface area contributed by atoms with E-state index in [-0.39, 0.29) is 4.90 Å². The maximum absolute atomic E-state index is 12.3. The Morgan fingerprint density at radius 1 is 1.19 bits per heavy atom. The molecule has 0 saturated carbocycles. The van der Waals surface area contributed by atoms with Crippen LogP contribution < -0.4 is 5.32 Å². The van der Waals surface area contributed by atoms with Crippen LogP contribution in [0.1, 0.15) is 25.8 Å². The summed E-state index contributed by atoms with van der Waals surface area (Å²) in [6.07, 6.45) is 1.07. The quantitative estimate of drug-likeness (QED) is 0.654. The van der Waals surface area contributed by atoms with E-state index in [1.165, 1.54) is 24.3 Å². The maximum atomic E-state index is 12.3. The van der Waals surface area contributed by atoms with Crippen LogP contribution in [0.4, 0.5) is 5.69 Å². The van der Waals surface area contributed by atoms with Crippen molar-refractivity contribution in [1.29, 1.82) is 0 Å². The van der Waals surface area contributed by atoms with Gasteiger partial charge in [-0.2, -0.15) is 0 Å². The molecule has 0 radical (unpaired) electrons. The van der Waals surface area contributed by atoms with Crippen molar-refractivity contribution >= 4 is 44.8 Å². The second kappa shape index (κ2) is 8.93. The summed E-state index contributed by atoms with van der Waals surface area (Å²) in [4.78, 5) is 13.4. The minimum Gasteiger partial charge on any atom is -0.325 e. The average Bonchev–Trinajstić information content (AvgIpc) is 2.57. The molecule has 0 fully saturated rings. The minimum atomic E-state index is -3.71. The summed E-state index contributed by atoms with van der Waals surface area (Å²) in [5.41, 5.74) is 1.52. The number of hydrogen-bond acceptors (Lipinski definition) is 4. The highest BCUT2D eigenvalue weighted by atomic mass is 35.5. The lowest BCUT2D eigenvalue weighted by Crippen LogP contribution is -2.23. The van der Waals surface area contributed by atoms with Crippen LogP contribution in [0.2, 0.25) is 5.02 Å². The number of nitrogens with one attached hydrogen (secondary N) is 1. The zero-order valence-corrected chi connectivity index (χ0v) is 17.3. The molecule has 0 aliphatic heterocycles. The first-order valence-electron chi connectivity index (χ1n) is 8.26. The summed E-state index contributed by atoms with van der Waals surface area (Å²) < 4.78 is 24.7. The fraction of sp³-hybridized carbons (Fsp3) is 0.316. The SMILES string of the molecule is CCC(C)Sc1ccc(NC(=O)CS(=O)(=O)c2ccc(Cl)cc2)c(C)c1.